The van der Waals surface area contributed by atoms with Crippen LogP contribution in [0, 0.1) is 0 Å². The standard InChI is InChI=1S/C23H23N5O4S/c1-15(29)27-11-9-23(10-12-27,16-6-4-3-5-7-16)21(31)32-14-18-24-25-22-26(2)20(30)19-17(28(18)22)8-13-33-19/h3-8,13H,9-12,14H2,1-2H3. The molecule has 10 heteroatoms. The number of carbonyl (C=O) groups is 2. The Morgan fingerprint density at radius 1 is 1.12 bits per heavy atom. The molecule has 0 saturated carbocycles. The number of carbonyl (C=O) groups excluding carboxylic acids is 2. The molecule has 33 heavy (non-hydrogen) atoms. The number of aryl methyl sites for hydroxylation is 1. The molecular weight excluding hydrogens is 442 g/mol. The van der Waals surface area contributed by atoms with Crippen LogP contribution >= 0.6 is 11.3 Å². The van der Waals surface area contributed by atoms with E-state index in [1.165, 1.54) is 15.9 Å². The quantitative estimate of drug-likeness (QED) is 0.429. The van der Waals surface area contributed by atoms with Crippen molar-refractivity contribution in [3.05, 3.63) is 63.5 Å². The SMILES string of the molecule is CC(=O)N1CCC(C(=O)OCc2nnc3n(C)c(=O)c4sccc4n23)(c2ccccc2)CC1. The first-order valence-corrected chi connectivity index (χ1v) is 11.6. The third-order valence-corrected chi connectivity index (χ3v) is 7.40. The molecule has 0 bridgehead atoms. The maximum absolute atomic E-state index is 13.5. The second-order valence-corrected chi connectivity index (χ2v) is 9.20. The first kappa shape index (κ1) is 21.3. The zero-order valence-electron chi connectivity index (χ0n) is 18.4. The maximum atomic E-state index is 13.5. The van der Waals surface area contributed by atoms with Gasteiger partial charge in [-0.1, -0.05) is 30.3 Å². The molecule has 1 aliphatic heterocycles. The van der Waals surface area contributed by atoms with Crippen molar-refractivity contribution in [2.75, 3.05) is 13.1 Å². The van der Waals surface area contributed by atoms with Crippen LogP contribution in [0.1, 0.15) is 31.2 Å². The Kier molecular flexibility index (Phi) is 5.24. The zero-order chi connectivity index (χ0) is 23.2. The largest absolute Gasteiger partial charge is 0.457 e. The lowest BCUT2D eigenvalue weighted by Gasteiger charge is -2.40. The molecule has 5 rings (SSSR count). The summed E-state index contributed by atoms with van der Waals surface area (Å²) in [5.74, 6) is 0.497. The summed E-state index contributed by atoms with van der Waals surface area (Å²) >= 11 is 1.35. The van der Waals surface area contributed by atoms with Gasteiger partial charge in [0.2, 0.25) is 11.7 Å². The Bertz CT molecular complexity index is 1410. The van der Waals surface area contributed by atoms with Gasteiger partial charge in [-0.05, 0) is 29.9 Å². The van der Waals surface area contributed by atoms with Crippen molar-refractivity contribution >= 4 is 39.2 Å². The second-order valence-electron chi connectivity index (χ2n) is 8.28. The summed E-state index contributed by atoms with van der Waals surface area (Å²) in [4.78, 5) is 39.6. The number of piperidine rings is 1. The number of nitrogens with zero attached hydrogens (tertiary/aromatic N) is 5. The number of ether oxygens (including phenoxy) is 1. The molecule has 0 atom stereocenters. The number of esters is 1. The number of amides is 1. The number of rotatable bonds is 4. The molecule has 4 heterocycles. The van der Waals surface area contributed by atoms with Gasteiger partial charge in [0, 0.05) is 27.1 Å². The Morgan fingerprint density at radius 3 is 2.55 bits per heavy atom. The summed E-state index contributed by atoms with van der Waals surface area (Å²) in [7, 11) is 1.65. The van der Waals surface area contributed by atoms with Crippen LogP contribution < -0.4 is 5.56 Å². The number of likely N-dealkylation sites (tertiary alicyclic amines) is 1. The first-order chi connectivity index (χ1) is 15.9. The van der Waals surface area contributed by atoms with Crippen molar-refractivity contribution in [3.63, 3.8) is 0 Å². The number of hydrogen-bond donors (Lipinski definition) is 0. The number of hydrogen-bond acceptors (Lipinski definition) is 7. The van der Waals surface area contributed by atoms with Gasteiger partial charge in [0.1, 0.15) is 4.70 Å². The fraction of sp³-hybridized carbons (Fsp3) is 0.348. The molecule has 170 valence electrons. The van der Waals surface area contributed by atoms with Crippen molar-refractivity contribution in [3.8, 4) is 0 Å². The van der Waals surface area contributed by atoms with Gasteiger partial charge in [0.25, 0.3) is 5.56 Å². The van der Waals surface area contributed by atoms with Crippen molar-refractivity contribution in [2.24, 2.45) is 7.05 Å². The molecule has 1 amide bonds. The minimum atomic E-state index is -0.835. The zero-order valence-corrected chi connectivity index (χ0v) is 19.2. The van der Waals surface area contributed by atoms with Crippen LogP contribution in [0.2, 0.25) is 0 Å². The fourth-order valence-corrected chi connectivity index (χ4v) is 5.44. The Labute approximate surface area is 193 Å². The van der Waals surface area contributed by atoms with E-state index in [9.17, 15) is 14.4 Å². The van der Waals surface area contributed by atoms with E-state index in [1.807, 2.05) is 41.8 Å². The highest BCUT2D eigenvalue weighted by molar-refractivity contribution is 7.17. The molecule has 0 unspecified atom stereocenters. The fourth-order valence-electron chi connectivity index (χ4n) is 4.59. The van der Waals surface area contributed by atoms with E-state index in [0.717, 1.165) is 5.56 Å². The Balaban J connectivity index is 1.46. The van der Waals surface area contributed by atoms with Gasteiger partial charge in [-0.25, -0.2) is 0 Å². The molecular formula is C23H23N5O4S. The summed E-state index contributed by atoms with van der Waals surface area (Å²) in [6.45, 7) is 2.45. The smallest absolute Gasteiger partial charge is 0.317 e. The predicted octanol–water partition coefficient (Wildman–Crippen LogP) is 2.27. The van der Waals surface area contributed by atoms with Crippen LogP contribution in [0.15, 0.2) is 46.6 Å². The van der Waals surface area contributed by atoms with E-state index >= 15 is 0 Å². The van der Waals surface area contributed by atoms with Gasteiger partial charge >= 0.3 is 5.97 Å². The van der Waals surface area contributed by atoms with E-state index in [4.69, 9.17) is 4.74 Å². The molecule has 1 aliphatic rings. The molecule has 0 spiro atoms. The number of aromatic nitrogens is 4. The molecule has 9 nitrogen and oxygen atoms in total. The Morgan fingerprint density at radius 2 is 1.85 bits per heavy atom. The average Bonchev–Trinajstić information content (AvgIpc) is 3.49. The minimum Gasteiger partial charge on any atom is -0.457 e. The van der Waals surface area contributed by atoms with E-state index in [1.54, 1.807) is 23.3 Å². The number of fused-ring (bicyclic) bond motifs is 3. The van der Waals surface area contributed by atoms with E-state index in [2.05, 4.69) is 10.2 Å². The molecule has 1 fully saturated rings. The van der Waals surface area contributed by atoms with Gasteiger partial charge in [-0.3, -0.25) is 23.4 Å². The first-order valence-electron chi connectivity index (χ1n) is 10.7. The lowest BCUT2D eigenvalue weighted by molar-refractivity contribution is -0.155. The van der Waals surface area contributed by atoms with Gasteiger partial charge in [0.15, 0.2) is 12.4 Å². The van der Waals surface area contributed by atoms with Gasteiger partial charge in [-0.2, -0.15) is 0 Å². The summed E-state index contributed by atoms with van der Waals surface area (Å²) in [6, 6.07) is 11.4. The van der Waals surface area contributed by atoms with Gasteiger partial charge in [-0.15, -0.1) is 21.5 Å². The van der Waals surface area contributed by atoms with Crippen LogP contribution in [-0.4, -0.2) is 49.0 Å². The Hall–Kier alpha value is -3.53. The lowest BCUT2D eigenvalue weighted by atomic mass is 9.72. The van der Waals surface area contributed by atoms with Crippen molar-refractivity contribution < 1.29 is 14.3 Å². The minimum absolute atomic E-state index is 0.00495. The van der Waals surface area contributed by atoms with E-state index in [-0.39, 0.29) is 24.0 Å². The van der Waals surface area contributed by atoms with Crippen LogP contribution in [0.25, 0.3) is 16.0 Å². The van der Waals surface area contributed by atoms with Gasteiger partial charge < -0.3 is 9.64 Å². The van der Waals surface area contributed by atoms with Crippen molar-refractivity contribution in [1.82, 2.24) is 24.1 Å². The van der Waals surface area contributed by atoms with Crippen LogP contribution in [0.5, 0.6) is 0 Å². The third kappa shape index (κ3) is 3.41. The predicted molar refractivity (Wildman–Crippen MR) is 123 cm³/mol. The second kappa shape index (κ2) is 8.11. The van der Waals surface area contributed by atoms with Crippen molar-refractivity contribution in [1.29, 1.82) is 0 Å². The maximum Gasteiger partial charge on any atom is 0.317 e. The normalized spacial score (nSPS) is 15.8. The molecule has 0 N–H and O–H groups in total. The van der Waals surface area contributed by atoms with E-state index in [0.29, 0.717) is 47.7 Å². The summed E-state index contributed by atoms with van der Waals surface area (Å²) in [6.07, 6.45) is 0.971. The molecule has 1 aromatic carbocycles. The molecule has 1 saturated heterocycles. The highest BCUT2D eigenvalue weighted by atomic mass is 32.1. The summed E-state index contributed by atoms with van der Waals surface area (Å²) in [5, 5.41) is 10.2. The molecule has 0 radical (unpaired) electrons. The average molecular weight is 466 g/mol. The third-order valence-electron chi connectivity index (χ3n) is 6.51. The van der Waals surface area contributed by atoms with Crippen molar-refractivity contribution in [2.45, 2.75) is 31.8 Å². The number of thiophene rings is 1. The molecule has 4 aromatic rings. The highest BCUT2D eigenvalue weighted by Crippen LogP contribution is 2.37. The van der Waals surface area contributed by atoms with Crippen LogP contribution in [0.3, 0.4) is 0 Å². The molecule has 3 aromatic heterocycles. The van der Waals surface area contributed by atoms with E-state index < -0.39 is 5.41 Å². The topological polar surface area (TPSA) is 98.8 Å². The number of benzene rings is 1. The summed E-state index contributed by atoms with van der Waals surface area (Å²) in [5.41, 5.74) is 0.607. The molecule has 0 aliphatic carbocycles. The summed E-state index contributed by atoms with van der Waals surface area (Å²) < 4.78 is 9.63. The highest BCUT2D eigenvalue weighted by Gasteiger charge is 2.44. The monoisotopic (exact) mass is 465 g/mol. The van der Waals surface area contributed by atoms with Crippen LogP contribution in [0.4, 0.5) is 0 Å². The van der Waals surface area contributed by atoms with Crippen LogP contribution in [-0.2, 0) is 33.4 Å². The van der Waals surface area contributed by atoms with Gasteiger partial charge in [0.05, 0.1) is 10.9 Å². The lowest BCUT2D eigenvalue weighted by Crippen LogP contribution is -2.49.